The first-order chi connectivity index (χ1) is 15.5. The summed E-state index contributed by atoms with van der Waals surface area (Å²) >= 11 is 0. The molecule has 0 unspecified atom stereocenters. The topological polar surface area (TPSA) is 87.1 Å². The molecule has 0 bridgehead atoms. The van der Waals surface area contributed by atoms with Crippen LogP contribution in [0.2, 0.25) is 0 Å². The van der Waals surface area contributed by atoms with Gasteiger partial charge < -0.3 is 14.8 Å². The summed E-state index contributed by atoms with van der Waals surface area (Å²) in [4.78, 5) is 36.6. The van der Waals surface area contributed by atoms with Crippen molar-refractivity contribution in [3.8, 4) is 5.69 Å². The van der Waals surface area contributed by atoms with Crippen molar-refractivity contribution in [2.45, 2.75) is 6.92 Å². The van der Waals surface area contributed by atoms with Crippen LogP contribution < -0.4 is 0 Å². The monoisotopic (exact) mass is 432 g/mol. The van der Waals surface area contributed by atoms with E-state index in [1.807, 2.05) is 6.07 Å². The average Bonchev–Trinajstić information content (AvgIpc) is 3.44. The first-order valence-electron chi connectivity index (χ1n) is 10.3. The maximum atomic E-state index is 13.5. The van der Waals surface area contributed by atoms with Crippen LogP contribution in [0.5, 0.6) is 0 Å². The number of imidazole rings is 1. The minimum atomic E-state index is -0.365. The molecule has 3 heterocycles. The highest BCUT2D eigenvalue weighted by Crippen LogP contribution is 2.18. The normalized spacial score (nSPS) is 14.2. The zero-order valence-corrected chi connectivity index (χ0v) is 17.5. The summed E-state index contributed by atoms with van der Waals surface area (Å²) in [6.07, 6.45) is 3.23. The molecule has 32 heavy (non-hydrogen) atoms. The summed E-state index contributed by atoms with van der Waals surface area (Å²) in [6.45, 7) is 3.52. The molecule has 1 N–H and O–H groups in total. The molecule has 1 saturated heterocycles. The molecule has 2 aromatic heterocycles. The number of carbonyl (C=O) groups is 2. The quantitative estimate of drug-likeness (QED) is 0.539. The summed E-state index contributed by atoms with van der Waals surface area (Å²) < 4.78 is 15.1. The number of hydrogen-bond acceptors (Lipinski definition) is 4. The number of aryl methyl sites for hydroxylation is 1. The summed E-state index contributed by atoms with van der Waals surface area (Å²) in [6, 6.07) is 11.4. The van der Waals surface area contributed by atoms with Crippen LogP contribution in [-0.2, 0) is 0 Å². The number of aromatic nitrogens is 4. The van der Waals surface area contributed by atoms with E-state index in [1.165, 1.54) is 16.8 Å². The number of nitrogens with zero attached hydrogens (tertiary/aromatic N) is 5. The van der Waals surface area contributed by atoms with Crippen molar-refractivity contribution in [1.29, 1.82) is 0 Å². The van der Waals surface area contributed by atoms with Gasteiger partial charge in [0.15, 0.2) is 0 Å². The zero-order chi connectivity index (χ0) is 22.2. The van der Waals surface area contributed by atoms with Gasteiger partial charge in [0.05, 0.1) is 34.3 Å². The highest BCUT2D eigenvalue weighted by atomic mass is 19.1. The fourth-order valence-corrected chi connectivity index (χ4v) is 3.96. The number of aromatic amines is 1. The van der Waals surface area contributed by atoms with Crippen molar-refractivity contribution in [3.05, 3.63) is 77.6 Å². The lowest BCUT2D eigenvalue weighted by Gasteiger charge is -2.34. The predicted molar refractivity (Wildman–Crippen MR) is 116 cm³/mol. The highest BCUT2D eigenvalue weighted by molar-refractivity contribution is 5.98. The summed E-state index contributed by atoms with van der Waals surface area (Å²) in [5.41, 5.74) is 3.82. The number of amides is 2. The van der Waals surface area contributed by atoms with E-state index in [0.29, 0.717) is 48.7 Å². The van der Waals surface area contributed by atoms with Gasteiger partial charge in [-0.15, -0.1) is 0 Å². The van der Waals surface area contributed by atoms with Crippen molar-refractivity contribution < 1.29 is 14.0 Å². The Kier molecular flexibility index (Phi) is 4.93. The Balaban J connectivity index is 1.27. The molecule has 1 aliphatic rings. The Morgan fingerprint density at radius 3 is 2.50 bits per heavy atom. The van der Waals surface area contributed by atoms with E-state index in [0.717, 1.165) is 11.0 Å². The van der Waals surface area contributed by atoms with E-state index < -0.39 is 0 Å². The average molecular weight is 432 g/mol. The van der Waals surface area contributed by atoms with Gasteiger partial charge in [-0.05, 0) is 43.3 Å². The van der Waals surface area contributed by atoms with Gasteiger partial charge in [0.1, 0.15) is 5.82 Å². The minimum absolute atomic E-state index is 0.0660. The summed E-state index contributed by atoms with van der Waals surface area (Å²) in [5, 5.41) is 4.37. The van der Waals surface area contributed by atoms with Crippen LogP contribution in [0, 0.1) is 12.7 Å². The maximum absolute atomic E-state index is 13.5. The molecule has 0 radical (unpaired) electrons. The number of piperazine rings is 1. The van der Waals surface area contributed by atoms with Gasteiger partial charge in [0.25, 0.3) is 11.8 Å². The van der Waals surface area contributed by atoms with Gasteiger partial charge in [0, 0.05) is 37.9 Å². The van der Waals surface area contributed by atoms with Crippen LogP contribution >= 0.6 is 0 Å². The van der Waals surface area contributed by atoms with Gasteiger partial charge in [-0.3, -0.25) is 9.59 Å². The summed E-state index contributed by atoms with van der Waals surface area (Å²) in [7, 11) is 0. The molecule has 0 atom stereocenters. The second kappa shape index (κ2) is 7.92. The third-order valence-electron chi connectivity index (χ3n) is 5.72. The van der Waals surface area contributed by atoms with Crippen LogP contribution in [0.3, 0.4) is 0 Å². The van der Waals surface area contributed by atoms with E-state index in [-0.39, 0.29) is 17.6 Å². The number of nitrogens with one attached hydrogen (secondary N) is 1. The van der Waals surface area contributed by atoms with Crippen molar-refractivity contribution in [2.75, 3.05) is 26.2 Å². The summed E-state index contributed by atoms with van der Waals surface area (Å²) in [5.74, 6) is -0.573. The lowest BCUT2D eigenvalue weighted by molar-refractivity contribution is 0.0535. The number of hydrogen-bond donors (Lipinski definition) is 1. The van der Waals surface area contributed by atoms with Crippen LogP contribution in [-0.4, -0.2) is 67.5 Å². The van der Waals surface area contributed by atoms with Crippen LogP contribution in [0.15, 0.2) is 55.0 Å². The lowest BCUT2D eigenvalue weighted by Crippen LogP contribution is -2.50. The molecule has 2 aromatic carbocycles. The molecule has 0 aliphatic carbocycles. The van der Waals surface area contributed by atoms with Crippen molar-refractivity contribution >= 4 is 22.8 Å². The van der Waals surface area contributed by atoms with Gasteiger partial charge in [-0.2, -0.15) is 5.10 Å². The molecule has 2 amide bonds. The van der Waals surface area contributed by atoms with Gasteiger partial charge >= 0.3 is 0 Å². The first kappa shape index (κ1) is 19.9. The molecule has 9 heteroatoms. The van der Waals surface area contributed by atoms with Crippen molar-refractivity contribution in [1.82, 2.24) is 29.5 Å². The second-order valence-electron chi connectivity index (χ2n) is 7.77. The fourth-order valence-electron chi connectivity index (χ4n) is 3.96. The standard InChI is InChI=1S/C23H21FN6O2/c1-15-19(13-30(27-15)18-4-2-3-17(24)12-18)23(32)29-9-7-28(8-10-29)22(31)16-5-6-20-21(11-16)26-14-25-20/h2-6,11-14H,7-10H2,1H3,(H,25,26). The predicted octanol–water partition coefficient (Wildman–Crippen LogP) is 2.79. The SMILES string of the molecule is Cc1nn(-c2cccc(F)c2)cc1C(=O)N1CCN(C(=O)c2ccc3nc[nH]c3c2)CC1. The van der Waals surface area contributed by atoms with Gasteiger partial charge in [-0.1, -0.05) is 6.07 Å². The van der Waals surface area contributed by atoms with Gasteiger partial charge in [0.2, 0.25) is 0 Å². The maximum Gasteiger partial charge on any atom is 0.257 e. The van der Waals surface area contributed by atoms with Crippen molar-refractivity contribution in [3.63, 3.8) is 0 Å². The number of rotatable bonds is 3. The van der Waals surface area contributed by atoms with E-state index in [1.54, 1.807) is 53.5 Å². The number of benzene rings is 2. The van der Waals surface area contributed by atoms with E-state index >= 15 is 0 Å². The molecule has 0 spiro atoms. The third kappa shape index (κ3) is 3.62. The van der Waals surface area contributed by atoms with E-state index in [9.17, 15) is 14.0 Å². The lowest BCUT2D eigenvalue weighted by atomic mass is 10.1. The van der Waals surface area contributed by atoms with Crippen LogP contribution in [0.25, 0.3) is 16.7 Å². The molecular weight excluding hydrogens is 411 g/mol. The smallest absolute Gasteiger partial charge is 0.257 e. The number of carbonyl (C=O) groups excluding carboxylic acids is 2. The van der Waals surface area contributed by atoms with Crippen molar-refractivity contribution in [2.24, 2.45) is 0 Å². The highest BCUT2D eigenvalue weighted by Gasteiger charge is 2.27. The van der Waals surface area contributed by atoms with E-state index in [2.05, 4.69) is 15.1 Å². The molecule has 1 aliphatic heterocycles. The van der Waals surface area contributed by atoms with Crippen LogP contribution in [0.4, 0.5) is 4.39 Å². The molecule has 4 aromatic rings. The number of H-pyrrole nitrogens is 1. The number of halogens is 1. The Bertz CT molecular complexity index is 1320. The molecular formula is C23H21FN6O2. The first-order valence-corrected chi connectivity index (χ1v) is 10.3. The molecule has 1 fully saturated rings. The second-order valence-corrected chi connectivity index (χ2v) is 7.77. The Labute approximate surface area is 183 Å². The Morgan fingerprint density at radius 2 is 1.75 bits per heavy atom. The number of fused-ring (bicyclic) bond motifs is 1. The Morgan fingerprint density at radius 1 is 1.00 bits per heavy atom. The zero-order valence-electron chi connectivity index (χ0n) is 17.5. The third-order valence-corrected chi connectivity index (χ3v) is 5.72. The molecule has 0 saturated carbocycles. The van der Waals surface area contributed by atoms with E-state index in [4.69, 9.17) is 0 Å². The van der Waals surface area contributed by atoms with Crippen LogP contribution in [0.1, 0.15) is 26.4 Å². The Hall–Kier alpha value is -4.01. The largest absolute Gasteiger partial charge is 0.345 e. The minimum Gasteiger partial charge on any atom is -0.345 e. The fraction of sp³-hybridized carbons (Fsp3) is 0.217. The molecule has 162 valence electrons. The van der Waals surface area contributed by atoms with Gasteiger partial charge in [-0.25, -0.2) is 14.1 Å². The molecule has 5 rings (SSSR count). The molecule has 8 nitrogen and oxygen atoms in total.